The van der Waals surface area contributed by atoms with Crippen LogP contribution >= 0.6 is 23.4 Å². The highest BCUT2D eigenvalue weighted by molar-refractivity contribution is 7.99. The topological polar surface area (TPSA) is 51.0 Å². The number of amides is 1. The van der Waals surface area contributed by atoms with Gasteiger partial charge in [-0.1, -0.05) is 60.5 Å². The second-order valence-electron chi connectivity index (χ2n) is 7.16. The number of carbonyl (C=O) groups is 1. The molecule has 156 valence electrons. The Morgan fingerprint density at radius 2 is 1.70 bits per heavy atom. The number of para-hydroxylation sites is 1. The Balaban J connectivity index is 1.66. The van der Waals surface area contributed by atoms with Crippen molar-refractivity contribution >= 4 is 29.3 Å². The monoisotopic (exact) mass is 444 g/mol. The third-order valence-corrected chi connectivity index (χ3v) is 6.37. The lowest BCUT2D eigenvalue weighted by Gasteiger charge is -2.20. The van der Waals surface area contributed by atoms with Crippen LogP contribution in [0.5, 0.6) is 0 Å². The number of halogens is 2. The summed E-state index contributed by atoms with van der Waals surface area (Å²) in [7, 11) is 0. The van der Waals surface area contributed by atoms with Gasteiger partial charge in [0.2, 0.25) is 5.91 Å². The van der Waals surface area contributed by atoms with Crippen LogP contribution in [0.3, 0.4) is 0 Å². The number of carbonyl (C=O) groups excluding carboxylic acids is 1. The van der Waals surface area contributed by atoms with Gasteiger partial charge in [0, 0.05) is 18.7 Å². The molecule has 0 saturated carbocycles. The maximum atomic E-state index is 14.7. The maximum absolute atomic E-state index is 14.7. The lowest BCUT2D eigenvalue weighted by molar-refractivity contribution is -0.128. The fourth-order valence-electron chi connectivity index (χ4n) is 3.57. The number of likely N-dealkylation sites (tertiary alicyclic amines) is 1. The van der Waals surface area contributed by atoms with E-state index in [0.29, 0.717) is 27.3 Å². The Morgan fingerprint density at radius 3 is 2.43 bits per heavy atom. The molecule has 2 aromatic carbocycles. The summed E-state index contributed by atoms with van der Waals surface area (Å²) in [6.07, 6.45) is 4.41. The molecule has 0 unspecified atom stereocenters. The van der Waals surface area contributed by atoms with E-state index in [2.05, 4.69) is 10.2 Å². The minimum absolute atomic E-state index is 0.0734. The molecular weight excluding hydrogens is 423 g/mol. The molecule has 0 atom stereocenters. The van der Waals surface area contributed by atoms with E-state index in [4.69, 9.17) is 11.6 Å². The van der Waals surface area contributed by atoms with E-state index in [0.717, 1.165) is 25.9 Å². The molecule has 8 heteroatoms. The molecule has 5 nitrogen and oxygen atoms in total. The SMILES string of the molecule is O=C(CSc1nnc(-c2ccccc2Cl)n1-c1ccccc1F)N1CCCCCC1. The van der Waals surface area contributed by atoms with Gasteiger partial charge in [-0.15, -0.1) is 10.2 Å². The first-order chi connectivity index (χ1) is 14.6. The summed E-state index contributed by atoms with van der Waals surface area (Å²) in [6, 6.07) is 13.7. The van der Waals surface area contributed by atoms with Crippen LogP contribution in [-0.4, -0.2) is 44.4 Å². The van der Waals surface area contributed by atoms with Crippen LogP contribution in [0, 0.1) is 5.82 Å². The molecule has 0 radical (unpaired) electrons. The van der Waals surface area contributed by atoms with Crippen LogP contribution in [0.4, 0.5) is 4.39 Å². The van der Waals surface area contributed by atoms with Crippen molar-refractivity contribution in [3.63, 3.8) is 0 Å². The molecule has 2 heterocycles. The summed E-state index contributed by atoms with van der Waals surface area (Å²) < 4.78 is 16.3. The van der Waals surface area contributed by atoms with E-state index in [1.54, 1.807) is 28.8 Å². The third-order valence-electron chi connectivity index (χ3n) is 5.12. The fourth-order valence-corrected chi connectivity index (χ4v) is 4.64. The fraction of sp³-hybridized carbons (Fsp3) is 0.318. The average molecular weight is 445 g/mol. The molecule has 1 saturated heterocycles. The van der Waals surface area contributed by atoms with Gasteiger partial charge in [0.1, 0.15) is 5.82 Å². The van der Waals surface area contributed by atoms with Crippen molar-refractivity contribution in [3.8, 4) is 17.1 Å². The van der Waals surface area contributed by atoms with Gasteiger partial charge in [0.05, 0.1) is 16.5 Å². The van der Waals surface area contributed by atoms with Crippen molar-refractivity contribution in [1.82, 2.24) is 19.7 Å². The number of thioether (sulfide) groups is 1. The van der Waals surface area contributed by atoms with Crippen molar-refractivity contribution < 1.29 is 9.18 Å². The molecule has 1 aliphatic heterocycles. The maximum Gasteiger partial charge on any atom is 0.233 e. The standard InChI is InChI=1S/C22H22ClFN4OS/c23-17-10-4-3-9-16(17)21-25-26-22(28(21)19-12-6-5-11-18(19)24)30-15-20(29)27-13-7-1-2-8-14-27/h3-6,9-12H,1-2,7-8,13-15H2. The predicted molar refractivity (Wildman–Crippen MR) is 118 cm³/mol. The zero-order valence-corrected chi connectivity index (χ0v) is 18.0. The summed E-state index contributed by atoms with van der Waals surface area (Å²) >= 11 is 7.64. The van der Waals surface area contributed by atoms with Crippen LogP contribution in [-0.2, 0) is 4.79 Å². The predicted octanol–water partition coefficient (Wildman–Crippen LogP) is 5.22. The number of hydrogen-bond donors (Lipinski definition) is 0. The van der Waals surface area contributed by atoms with Crippen molar-refractivity contribution in [2.24, 2.45) is 0 Å². The summed E-state index contributed by atoms with van der Waals surface area (Å²) in [5.41, 5.74) is 0.975. The Kier molecular flexibility index (Phi) is 6.69. The van der Waals surface area contributed by atoms with E-state index < -0.39 is 5.82 Å². The highest BCUT2D eigenvalue weighted by Gasteiger charge is 2.22. The first kappa shape index (κ1) is 20.9. The van der Waals surface area contributed by atoms with Gasteiger partial charge in [-0.2, -0.15) is 0 Å². The molecule has 0 N–H and O–H groups in total. The number of rotatable bonds is 5. The third kappa shape index (κ3) is 4.52. The lowest BCUT2D eigenvalue weighted by atomic mass is 10.2. The number of hydrogen-bond acceptors (Lipinski definition) is 4. The first-order valence-corrected chi connectivity index (χ1v) is 11.4. The van der Waals surface area contributed by atoms with Gasteiger partial charge < -0.3 is 4.90 Å². The average Bonchev–Trinajstić information content (AvgIpc) is 2.97. The van der Waals surface area contributed by atoms with E-state index in [1.165, 1.54) is 30.7 Å². The summed E-state index contributed by atoms with van der Waals surface area (Å²) in [6.45, 7) is 1.59. The number of nitrogens with zero attached hydrogens (tertiary/aromatic N) is 4. The van der Waals surface area contributed by atoms with Crippen LogP contribution in [0.25, 0.3) is 17.1 Å². The highest BCUT2D eigenvalue weighted by atomic mass is 35.5. The van der Waals surface area contributed by atoms with E-state index in [9.17, 15) is 9.18 Å². The molecule has 1 aliphatic rings. The zero-order chi connectivity index (χ0) is 20.9. The molecule has 30 heavy (non-hydrogen) atoms. The first-order valence-electron chi connectivity index (χ1n) is 10.0. The summed E-state index contributed by atoms with van der Waals surface area (Å²) in [5, 5.41) is 9.51. The van der Waals surface area contributed by atoms with Gasteiger partial charge >= 0.3 is 0 Å². The molecular formula is C22H22ClFN4OS. The van der Waals surface area contributed by atoms with Crippen LogP contribution in [0.2, 0.25) is 5.02 Å². The second-order valence-corrected chi connectivity index (χ2v) is 8.51. The number of aromatic nitrogens is 3. The van der Waals surface area contributed by atoms with Crippen LogP contribution < -0.4 is 0 Å². The van der Waals surface area contributed by atoms with Gasteiger partial charge in [-0.25, -0.2) is 4.39 Å². The molecule has 0 bridgehead atoms. The largest absolute Gasteiger partial charge is 0.342 e. The second kappa shape index (κ2) is 9.62. The van der Waals surface area contributed by atoms with Gasteiger partial charge in [0.15, 0.2) is 11.0 Å². The van der Waals surface area contributed by atoms with Crippen molar-refractivity contribution in [2.45, 2.75) is 30.8 Å². The van der Waals surface area contributed by atoms with Crippen LogP contribution in [0.1, 0.15) is 25.7 Å². The Morgan fingerprint density at radius 1 is 1.00 bits per heavy atom. The van der Waals surface area contributed by atoms with Gasteiger partial charge in [0.25, 0.3) is 0 Å². The summed E-state index contributed by atoms with van der Waals surface area (Å²) in [5.74, 6) is 0.348. The molecule has 3 aromatic rings. The molecule has 1 aromatic heterocycles. The lowest BCUT2D eigenvalue weighted by Crippen LogP contribution is -2.33. The smallest absolute Gasteiger partial charge is 0.233 e. The van der Waals surface area contributed by atoms with Crippen LogP contribution in [0.15, 0.2) is 53.7 Å². The van der Waals surface area contributed by atoms with Gasteiger partial charge in [-0.05, 0) is 37.1 Å². The van der Waals surface area contributed by atoms with E-state index in [1.807, 2.05) is 23.1 Å². The minimum atomic E-state index is -0.397. The van der Waals surface area contributed by atoms with Crippen molar-refractivity contribution in [2.75, 3.05) is 18.8 Å². The van der Waals surface area contributed by atoms with E-state index in [-0.39, 0.29) is 11.7 Å². The number of benzene rings is 2. The molecule has 1 amide bonds. The van der Waals surface area contributed by atoms with Crippen molar-refractivity contribution in [1.29, 1.82) is 0 Å². The molecule has 4 rings (SSSR count). The quantitative estimate of drug-likeness (QED) is 0.506. The zero-order valence-electron chi connectivity index (χ0n) is 16.4. The summed E-state index contributed by atoms with van der Waals surface area (Å²) in [4.78, 5) is 14.6. The molecule has 1 fully saturated rings. The minimum Gasteiger partial charge on any atom is -0.342 e. The Bertz CT molecular complexity index is 1030. The Labute approximate surface area is 184 Å². The van der Waals surface area contributed by atoms with E-state index >= 15 is 0 Å². The normalized spacial score (nSPS) is 14.5. The Hall–Kier alpha value is -2.38. The van der Waals surface area contributed by atoms with Crippen molar-refractivity contribution in [3.05, 3.63) is 59.4 Å². The van der Waals surface area contributed by atoms with Gasteiger partial charge in [-0.3, -0.25) is 9.36 Å². The molecule has 0 spiro atoms. The molecule has 0 aliphatic carbocycles. The highest BCUT2D eigenvalue weighted by Crippen LogP contribution is 2.32.